The smallest absolute Gasteiger partial charge is 0.340 e. The summed E-state index contributed by atoms with van der Waals surface area (Å²) in [4.78, 5) is 12.1. The lowest BCUT2D eigenvalue weighted by Gasteiger charge is -2.16. The van der Waals surface area contributed by atoms with E-state index in [-0.39, 0.29) is 10.7 Å². The van der Waals surface area contributed by atoms with E-state index in [4.69, 9.17) is 31.2 Å². The molecule has 0 atom stereocenters. The molecule has 2 aromatic rings. The van der Waals surface area contributed by atoms with Crippen molar-refractivity contribution in [3.8, 4) is 17.2 Å². The van der Waals surface area contributed by atoms with E-state index in [9.17, 15) is 4.79 Å². The van der Waals surface area contributed by atoms with Crippen LogP contribution in [0.2, 0.25) is 0 Å². The highest BCUT2D eigenvalue weighted by Crippen LogP contribution is 2.34. The van der Waals surface area contributed by atoms with Crippen LogP contribution < -0.4 is 24.8 Å². The molecule has 0 amide bonds. The van der Waals surface area contributed by atoms with Gasteiger partial charge < -0.3 is 29.6 Å². The molecule has 7 nitrogen and oxygen atoms in total. The first-order chi connectivity index (χ1) is 12.5. The second kappa shape index (κ2) is 8.91. The Labute approximate surface area is 157 Å². The molecule has 2 aromatic carbocycles. The van der Waals surface area contributed by atoms with Gasteiger partial charge in [0.2, 0.25) is 0 Å². The molecule has 0 bridgehead atoms. The van der Waals surface area contributed by atoms with Gasteiger partial charge in [0, 0.05) is 23.9 Å². The maximum absolute atomic E-state index is 12.1. The van der Waals surface area contributed by atoms with Crippen molar-refractivity contribution in [1.82, 2.24) is 0 Å². The number of methoxy groups -OCH3 is 4. The van der Waals surface area contributed by atoms with Gasteiger partial charge in [-0.25, -0.2) is 4.79 Å². The predicted molar refractivity (Wildman–Crippen MR) is 104 cm³/mol. The molecular formula is C18H20N2O5S. The Morgan fingerprint density at radius 2 is 1.62 bits per heavy atom. The van der Waals surface area contributed by atoms with Gasteiger partial charge in [-0.1, -0.05) is 6.07 Å². The summed E-state index contributed by atoms with van der Waals surface area (Å²) in [5.41, 5.74) is 1.43. The first-order valence-corrected chi connectivity index (χ1v) is 7.99. The van der Waals surface area contributed by atoms with Crippen LogP contribution in [0.15, 0.2) is 36.4 Å². The number of thiocarbonyl (C=S) groups is 1. The average molecular weight is 376 g/mol. The number of nitrogens with one attached hydrogen (secondary N) is 2. The largest absolute Gasteiger partial charge is 0.497 e. The Morgan fingerprint density at radius 1 is 0.923 bits per heavy atom. The van der Waals surface area contributed by atoms with Crippen molar-refractivity contribution in [3.63, 3.8) is 0 Å². The zero-order chi connectivity index (χ0) is 19.1. The van der Waals surface area contributed by atoms with Gasteiger partial charge in [0.1, 0.15) is 5.75 Å². The monoisotopic (exact) mass is 376 g/mol. The summed E-state index contributed by atoms with van der Waals surface area (Å²) in [5.74, 6) is 1.02. The van der Waals surface area contributed by atoms with Crippen molar-refractivity contribution >= 4 is 34.7 Å². The molecule has 2 rings (SSSR count). The van der Waals surface area contributed by atoms with Crippen molar-refractivity contribution < 1.29 is 23.7 Å². The second-order valence-corrected chi connectivity index (χ2v) is 5.46. The minimum atomic E-state index is -0.530. The number of benzene rings is 2. The minimum absolute atomic E-state index is 0.264. The van der Waals surface area contributed by atoms with Gasteiger partial charge in [0.15, 0.2) is 16.6 Å². The number of carbonyl (C=O) groups is 1. The molecule has 0 heterocycles. The van der Waals surface area contributed by atoms with Gasteiger partial charge in [-0.2, -0.15) is 0 Å². The molecule has 0 radical (unpaired) electrons. The maximum atomic E-state index is 12.1. The first kappa shape index (κ1) is 19.3. The van der Waals surface area contributed by atoms with Crippen LogP contribution in [0.5, 0.6) is 17.2 Å². The van der Waals surface area contributed by atoms with Crippen molar-refractivity contribution in [2.45, 2.75) is 0 Å². The number of esters is 1. The van der Waals surface area contributed by atoms with Crippen LogP contribution in [-0.2, 0) is 4.74 Å². The molecule has 0 unspecified atom stereocenters. The van der Waals surface area contributed by atoms with Crippen LogP contribution in [0.3, 0.4) is 0 Å². The fourth-order valence-corrected chi connectivity index (χ4v) is 2.47. The summed E-state index contributed by atoms with van der Waals surface area (Å²) < 4.78 is 20.5. The molecule has 0 aliphatic heterocycles. The summed E-state index contributed by atoms with van der Waals surface area (Å²) in [5, 5.41) is 6.30. The minimum Gasteiger partial charge on any atom is -0.497 e. The number of anilines is 2. The third-order valence-electron chi connectivity index (χ3n) is 3.50. The molecule has 8 heteroatoms. The fourth-order valence-electron chi connectivity index (χ4n) is 2.25. The van der Waals surface area contributed by atoms with E-state index >= 15 is 0 Å². The van der Waals surface area contributed by atoms with Gasteiger partial charge in [0.25, 0.3) is 0 Å². The van der Waals surface area contributed by atoms with Crippen LogP contribution in [-0.4, -0.2) is 39.5 Å². The maximum Gasteiger partial charge on any atom is 0.340 e. The highest BCUT2D eigenvalue weighted by Gasteiger charge is 2.18. The normalized spacial score (nSPS) is 9.85. The van der Waals surface area contributed by atoms with Crippen LogP contribution in [0, 0.1) is 0 Å². The van der Waals surface area contributed by atoms with E-state index in [0.717, 1.165) is 5.69 Å². The topological polar surface area (TPSA) is 78.1 Å². The van der Waals surface area contributed by atoms with E-state index in [1.54, 1.807) is 19.2 Å². The zero-order valence-electron chi connectivity index (χ0n) is 14.9. The SMILES string of the molecule is COC(=O)c1cc(OC)c(OC)cc1NC(=S)Nc1cccc(OC)c1. The van der Waals surface area contributed by atoms with E-state index < -0.39 is 5.97 Å². The molecule has 0 aliphatic rings. The lowest BCUT2D eigenvalue weighted by Crippen LogP contribution is -2.21. The van der Waals surface area contributed by atoms with E-state index in [1.807, 2.05) is 18.2 Å². The van der Waals surface area contributed by atoms with E-state index in [0.29, 0.717) is 22.9 Å². The second-order valence-electron chi connectivity index (χ2n) is 5.06. The molecule has 26 heavy (non-hydrogen) atoms. The Hall–Kier alpha value is -3.00. The standard InChI is InChI=1S/C18H20N2O5S/c1-22-12-7-5-6-11(8-12)19-18(26)20-14-10-16(24-3)15(23-2)9-13(14)17(21)25-4/h5-10H,1-4H3,(H2,19,20,26). The van der Waals surface area contributed by atoms with Gasteiger partial charge in [0.05, 0.1) is 39.7 Å². The highest BCUT2D eigenvalue weighted by atomic mass is 32.1. The van der Waals surface area contributed by atoms with Gasteiger partial charge in [-0.05, 0) is 24.4 Å². The number of ether oxygens (including phenoxy) is 4. The molecule has 0 saturated heterocycles. The van der Waals surface area contributed by atoms with Gasteiger partial charge in [-0.15, -0.1) is 0 Å². The zero-order valence-corrected chi connectivity index (χ0v) is 15.7. The molecule has 0 fully saturated rings. The Balaban J connectivity index is 2.28. The number of hydrogen-bond acceptors (Lipinski definition) is 6. The molecule has 2 N–H and O–H groups in total. The third kappa shape index (κ3) is 4.54. The molecule has 0 aromatic heterocycles. The van der Waals surface area contributed by atoms with Gasteiger partial charge >= 0.3 is 5.97 Å². The number of carbonyl (C=O) groups excluding carboxylic acids is 1. The number of hydrogen-bond donors (Lipinski definition) is 2. The van der Waals surface area contributed by atoms with Crippen molar-refractivity contribution in [1.29, 1.82) is 0 Å². The van der Waals surface area contributed by atoms with Crippen LogP contribution in [0.4, 0.5) is 11.4 Å². The first-order valence-electron chi connectivity index (χ1n) is 7.58. The van der Waals surface area contributed by atoms with Crippen LogP contribution in [0.25, 0.3) is 0 Å². The summed E-state index contributed by atoms with van der Waals surface area (Å²) in [7, 11) is 5.88. The Bertz CT molecular complexity index is 810. The fraction of sp³-hybridized carbons (Fsp3) is 0.222. The molecule has 0 spiro atoms. The molecular weight excluding hydrogens is 356 g/mol. The Morgan fingerprint density at radius 3 is 2.23 bits per heavy atom. The van der Waals surface area contributed by atoms with Gasteiger partial charge in [-0.3, -0.25) is 0 Å². The molecule has 0 saturated carbocycles. The Kier molecular flexibility index (Phi) is 6.62. The van der Waals surface area contributed by atoms with E-state index in [2.05, 4.69) is 10.6 Å². The summed E-state index contributed by atoms with van der Waals surface area (Å²) >= 11 is 5.33. The van der Waals surface area contributed by atoms with Crippen molar-refractivity contribution in [3.05, 3.63) is 42.0 Å². The van der Waals surface area contributed by atoms with E-state index in [1.165, 1.54) is 27.4 Å². The molecule has 138 valence electrons. The lowest BCUT2D eigenvalue weighted by molar-refractivity contribution is 0.0601. The summed E-state index contributed by atoms with van der Waals surface area (Å²) in [6.45, 7) is 0. The number of rotatable bonds is 6. The van der Waals surface area contributed by atoms with Crippen molar-refractivity contribution in [2.24, 2.45) is 0 Å². The summed E-state index contributed by atoms with van der Waals surface area (Å²) in [6, 6.07) is 10.4. The third-order valence-corrected chi connectivity index (χ3v) is 3.71. The quantitative estimate of drug-likeness (QED) is 0.587. The average Bonchev–Trinajstić information content (AvgIpc) is 2.66. The summed E-state index contributed by atoms with van der Waals surface area (Å²) in [6.07, 6.45) is 0. The van der Waals surface area contributed by atoms with Crippen molar-refractivity contribution in [2.75, 3.05) is 39.1 Å². The predicted octanol–water partition coefficient (Wildman–Crippen LogP) is 3.31. The van der Waals surface area contributed by atoms with Crippen LogP contribution in [0.1, 0.15) is 10.4 Å². The lowest BCUT2D eigenvalue weighted by atomic mass is 10.1. The molecule has 0 aliphatic carbocycles. The van der Waals surface area contributed by atoms with Crippen LogP contribution >= 0.6 is 12.2 Å². The highest BCUT2D eigenvalue weighted by molar-refractivity contribution is 7.80.